The second-order valence-electron chi connectivity index (χ2n) is 8.87. The highest BCUT2D eigenvalue weighted by atomic mass is 19.1. The van der Waals surface area contributed by atoms with Crippen LogP contribution in [0.2, 0.25) is 0 Å². The van der Waals surface area contributed by atoms with Crippen LogP contribution in [0.15, 0.2) is 36.7 Å². The van der Waals surface area contributed by atoms with Gasteiger partial charge in [0.05, 0.1) is 18.6 Å². The van der Waals surface area contributed by atoms with Crippen LogP contribution in [0.25, 0.3) is 0 Å². The van der Waals surface area contributed by atoms with Crippen molar-refractivity contribution in [2.75, 3.05) is 39.4 Å². The summed E-state index contributed by atoms with van der Waals surface area (Å²) in [6.45, 7) is 8.34. The summed E-state index contributed by atoms with van der Waals surface area (Å²) in [4.78, 5) is 38.7. The lowest BCUT2D eigenvalue weighted by molar-refractivity contribution is -0.159. The zero-order valence-electron chi connectivity index (χ0n) is 20.8. The van der Waals surface area contributed by atoms with Crippen molar-refractivity contribution in [2.45, 2.75) is 39.3 Å². The van der Waals surface area contributed by atoms with Gasteiger partial charge in [-0.15, -0.1) is 0 Å². The van der Waals surface area contributed by atoms with Gasteiger partial charge in [-0.3, -0.25) is 19.3 Å². The molecule has 1 amide bonds. The lowest BCUT2D eigenvalue weighted by atomic mass is 9.72. The van der Waals surface area contributed by atoms with Gasteiger partial charge in [0, 0.05) is 51.2 Å². The lowest BCUT2D eigenvalue weighted by Gasteiger charge is -2.53. The third-order valence-electron chi connectivity index (χ3n) is 6.58. The van der Waals surface area contributed by atoms with Crippen molar-refractivity contribution in [2.24, 2.45) is 5.41 Å². The lowest BCUT2D eigenvalue weighted by Crippen LogP contribution is -2.67. The Morgan fingerprint density at radius 3 is 2.36 bits per heavy atom. The van der Waals surface area contributed by atoms with Crippen LogP contribution in [-0.4, -0.2) is 93.9 Å². The van der Waals surface area contributed by atoms with E-state index in [0.29, 0.717) is 57.4 Å². The van der Waals surface area contributed by atoms with Crippen molar-refractivity contribution in [1.29, 1.82) is 0 Å². The number of ether oxygens (including phenoxy) is 1. The zero-order chi connectivity index (χ0) is 26.6. The first-order valence-corrected chi connectivity index (χ1v) is 11.8. The van der Waals surface area contributed by atoms with E-state index in [4.69, 9.17) is 24.5 Å². The molecule has 0 saturated carbocycles. The number of hydrogen-bond donors (Lipinski definition) is 2. The molecule has 11 heteroatoms. The standard InChI is InChI=1S/C23H31FN4O2.2CH2O2/c1-18(7-9-26-10-8-25-19(26)2)28-16-23(17-28,15-20-5-3-4-6-21(20)24)22(29)27-11-13-30-14-12-27;2*2-1-3/h3-6,8,10,18H,7,9,11-17H2,1-2H3;2*1H,(H,2,3). The highest BCUT2D eigenvalue weighted by Crippen LogP contribution is 2.39. The Kier molecular flexibility index (Phi) is 11.5. The second-order valence-corrected chi connectivity index (χ2v) is 8.87. The molecule has 2 aromatic rings. The smallest absolute Gasteiger partial charge is 0.290 e. The summed E-state index contributed by atoms with van der Waals surface area (Å²) in [6.07, 6.45) is 5.26. The van der Waals surface area contributed by atoms with E-state index in [-0.39, 0.29) is 24.7 Å². The van der Waals surface area contributed by atoms with Gasteiger partial charge < -0.3 is 24.4 Å². The minimum Gasteiger partial charge on any atom is -0.483 e. The first-order chi connectivity index (χ1) is 17.3. The van der Waals surface area contributed by atoms with Gasteiger partial charge in [0.15, 0.2) is 0 Å². The number of aryl methyl sites for hydroxylation is 2. The number of hydrogen-bond acceptors (Lipinski definition) is 6. The van der Waals surface area contributed by atoms with Crippen LogP contribution in [0.4, 0.5) is 4.39 Å². The third-order valence-corrected chi connectivity index (χ3v) is 6.58. The van der Waals surface area contributed by atoms with Gasteiger partial charge >= 0.3 is 0 Å². The van der Waals surface area contributed by atoms with Gasteiger partial charge in [-0.2, -0.15) is 0 Å². The number of aromatic nitrogens is 2. The van der Waals surface area contributed by atoms with Gasteiger partial charge in [0.1, 0.15) is 11.6 Å². The molecule has 2 saturated heterocycles. The fourth-order valence-electron chi connectivity index (χ4n) is 4.62. The maximum absolute atomic E-state index is 14.4. The maximum atomic E-state index is 14.4. The van der Waals surface area contributed by atoms with E-state index >= 15 is 0 Å². The second kappa shape index (κ2) is 14.3. The number of rotatable bonds is 7. The van der Waals surface area contributed by atoms with Crippen LogP contribution in [0.5, 0.6) is 0 Å². The Hall–Kier alpha value is -3.31. The largest absolute Gasteiger partial charge is 0.483 e. The molecule has 2 aliphatic rings. The molecule has 2 aliphatic heterocycles. The van der Waals surface area contributed by atoms with Crippen molar-refractivity contribution < 1.29 is 33.7 Å². The highest BCUT2D eigenvalue weighted by molar-refractivity contribution is 5.85. The maximum Gasteiger partial charge on any atom is 0.290 e. The summed E-state index contributed by atoms with van der Waals surface area (Å²) in [7, 11) is 0. The minimum absolute atomic E-state index is 0.142. The van der Waals surface area contributed by atoms with E-state index in [2.05, 4.69) is 21.4 Å². The SMILES string of the molecule is Cc1nccn1CCC(C)N1CC(Cc2ccccc2F)(C(=O)N2CCOCC2)C1.O=CO.O=CO. The Labute approximate surface area is 210 Å². The Morgan fingerprint density at radius 1 is 1.19 bits per heavy atom. The van der Waals surface area contributed by atoms with E-state index < -0.39 is 5.41 Å². The molecule has 0 bridgehead atoms. The third kappa shape index (κ3) is 7.59. The van der Waals surface area contributed by atoms with Gasteiger partial charge in [-0.1, -0.05) is 18.2 Å². The average Bonchev–Trinajstić information content (AvgIpc) is 3.26. The predicted molar refractivity (Wildman–Crippen MR) is 130 cm³/mol. The predicted octanol–water partition coefficient (Wildman–Crippen LogP) is 1.91. The molecule has 0 spiro atoms. The van der Waals surface area contributed by atoms with Crippen molar-refractivity contribution in [3.63, 3.8) is 0 Å². The summed E-state index contributed by atoms with van der Waals surface area (Å²) in [5.41, 5.74) is 0.0686. The van der Waals surface area contributed by atoms with Crippen LogP contribution in [0.3, 0.4) is 0 Å². The number of carbonyl (C=O) groups is 3. The topological polar surface area (TPSA) is 125 Å². The molecule has 0 radical (unpaired) electrons. The number of likely N-dealkylation sites (tertiary alicyclic amines) is 1. The summed E-state index contributed by atoms with van der Waals surface area (Å²) in [6, 6.07) is 7.17. The number of halogens is 1. The van der Waals surface area contributed by atoms with Crippen molar-refractivity contribution >= 4 is 18.9 Å². The number of morpholine rings is 1. The van der Waals surface area contributed by atoms with Crippen LogP contribution < -0.4 is 0 Å². The Bertz CT molecular complexity index is 967. The van der Waals surface area contributed by atoms with Crippen molar-refractivity contribution in [3.05, 3.63) is 53.9 Å². The quantitative estimate of drug-likeness (QED) is 0.546. The van der Waals surface area contributed by atoms with Gasteiger partial charge in [0.2, 0.25) is 5.91 Å². The summed E-state index contributed by atoms with van der Waals surface area (Å²) < 4.78 is 22.0. The molecular weight excluding hydrogens is 471 g/mol. The van der Waals surface area contributed by atoms with Gasteiger partial charge in [0.25, 0.3) is 12.9 Å². The first-order valence-electron chi connectivity index (χ1n) is 11.8. The molecule has 1 atom stereocenters. The van der Waals surface area contributed by atoms with Crippen LogP contribution >= 0.6 is 0 Å². The molecule has 36 heavy (non-hydrogen) atoms. The Morgan fingerprint density at radius 2 is 1.81 bits per heavy atom. The normalized spacial score (nSPS) is 17.4. The fraction of sp³-hybridized carbons (Fsp3) is 0.520. The number of amides is 1. The zero-order valence-corrected chi connectivity index (χ0v) is 20.8. The van der Waals surface area contributed by atoms with Gasteiger partial charge in [-0.25, -0.2) is 9.37 Å². The highest BCUT2D eigenvalue weighted by Gasteiger charge is 2.52. The van der Waals surface area contributed by atoms with Gasteiger partial charge in [-0.05, 0) is 38.3 Å². The molecule has 1 unspecified atom stereocenters. The average molecular weight is 507 g/mol. The molecule has 0 aliphatic carbocycles. The van der Waals surface area contributed by atoms with Crippen LogP contribution in [0, 0.1) is 18.2 Å². The van der Waals surface area contributed by atoms with E-state index in [9.17, 15) is 9.18 Å². The molecule has 198 valence electrons. The Balaban J connectivity index is 0.000000693. The fourth-order valence-corrected chi connectivity index (χ4v) is 4.62. The first kappa shape index (κ1) is 28.9. The number of carboxylic acid groups (broad SMARTS) is 2. The van der Waals surface area contributed by atoms with E-state index in [1.54, 1.807) is 12.1 Å². The van der Waals surface area contributed by atoms with E-state index in [1.807, 2.05) is 30.3 Å². The molecule has 10 nitrogen and oxygen atoms in total. The van der Waals surface area contributed by atoms with Crippen molar-refractivity contribution in [1.82, 2.24) is 19.4 Å². The molecule has 3 heterocycles. The molecule has 2 N–H and O–H groups in total. The number of nitrogens with zero attached hydrogens (tertiary/aromatic N) is 4. The summed E-state index contributed by atoms with van der Waals surface area (Å²) in [5.74, 6) is 0.930. The number of imidazole rings is 1. The number of carbonyl (C=O) groups excluding carboxylic acids is 1. The summed E-state index contributed by atoms with van der Waals surface area (Å²) in [5, 5.41) is 13.8. The van der Waals surface area contributed by atoms with E-state index in [0.717, 1.165) is 18.8 Å². The minimum atomic E-state index is -0.557. The molecule has 1 aromatic heterocycles. The number of benzene rings is 1. The molecule has 4 rings (SSSR count). The molecule has 2 fully saturated rings. The van der Waals surface area contributed by atoms with Crippen molar-refractivity contribution in [3.8, 4) is 0 Å². The van der Waals surface area contributed by atoms with E-state index in [1.165, 1.54) is 6.07 Å². The molecular formula is C25H35FN4O6. The monoisotopic (exact) mass is 506 g/mol. The molecule has 1 aromatic carbocycles. The van der Waals surface area contributed by atoms with Crippen LogP contribution in [0.1, 0.15) is 24.7 Å². The van der Waals surface area contributed by atoms with Crippen LogP contribution in [-0.2, 0) is 32.1 Å². The summed E-state index contributed by atoms with van der Waals surface area (Å²) >= 11 is 0.